The van der Waals surface area contributed by atoms with Gasteiger partial charge < -0.3 is 0 Å². The standard InChI is InChI=1S/C12H13Cl/c1-8(2)11-5-3-9-7-10(13)4-6-12(9)11/h4-8H,3H2,1-2H3. The van der Waals surface area contributed by atoms with E-state index in [1.165, 1.54) is 16.7 Å². The molecule has 0 heterocycles. The Balaban J connectivity index is 2.45. The number of benzene rings is 1. The molecule has 0 spiro atoms. The summed E-state index contributed by atoms with van der Waals surface area (Å²) in [7, 11) is 0. The van der Waals surface area contributed by atoms with Gasteiger partial charge in [0.15, 0.2) is 0 Å². The number of allylic oxidation sites excluding steroid dienone is 2. The van der Waals surface area contributed by atoms with Gasteiger partial charge in [0.05, 0.1) is 0 Å². The molecule has 0 nitrogen and oxygen atoms in total. The molecule has 0 fully saturated rings. The lowest BCUT2D eigenvalue weighted by atomic mass is 9.97. The first kappa shape index (κ1) is 8.83. The topological polar surface area (TPSA) is 0 Å². The molecule has 0 saturated carbocycles. The summed E-state index contributed by atoms with van der Waals surface area (Å²) in [5.74, 6) is 0.613. The average molecular weight is 193 g/mol. The van der Waals surface area contributed by atoms with Gasteiger partial charge in [-0.2, -0.15) is 0 Å². The third-order valence-electron chi connectivity index (χ3n) is 2.54. The molecule has 68 valence electrons. The molecule has 0 atom stereocenters. The molecule has 1 aliphatic carbocycles. The molecular formula is C12H13Cl. The third-order valence-corrected chi connectivity index (χ3v) is 2.78. The normalized spacial score (nSPS) is 14.6. The summed E-state index contributed by atoms with van der Waals surface area (Å²) in [6.07, 6.45) is 3.36. The largest absolute Gasteiger partial charge is 0.0843 e. The molecule has 0 aromatic heterocycles. The van der Waals surface area contributed by atoms with Crippen LogP contribution < -0.4 is 0 Å². The Kier molecular flexibility index (Phi) is 2.17. The maximum atomic E-state index is 5.93. The minimum Gasteiger partial charge on any atom is -0.0843 e. The van der Waals surface area contributed by atoms with Gasteiger partial charge in [0.2, 0.25) is 0 Å². The van der Waals surface area contributed by atoms with Crippen LogP contribution in [0.1, 0.15) is 25.0 Å². The molecule has 0 radical (unpaired) electrons. The van der Waals surface area contributed by atoms with Gasteiger partial charge in [0.25, 0.3) is 0 Å². The van der Waals surface area contributed by atoms with Gasteiger partial charge in [-0.15, -0.1) is 0 Å². The van der Waals surface area contributed by atoms with Crippen molar-refractivity contribution in [3.8, 4) is 0 Å². The molecule has 13 heavy (non-hydrogen) atoms. The van der Waals surface area contributed by atoms with Gasteiger partial charge in [-0.25, -0.2) is 0 Å². The van der Waals surface area contributed by atoms with Crippen molar-refractivity contribution in [3.05, 3.63) is 40.4 Å². The predicted octanol–water partition coefficient (Wildman–Crippen LogP) is 3.94. The van der Waals surface area contributed by atoms with Crippen molar-refractivity contribution < 1.29 is 0 Å². The lowest BCUT2D eigenvalue weighted by Crippen LogP contribution is -1.91. The molecule has 0 unspecified atom stereocenters. The molecule has 1 aromatic rings. The van der Waals surface area contributed by atoms with E-state index in [0.29, 0.717) is 5.92 Å². The molecule has 0 bridgehead atoms. The van der Waals surface area contributed by atoms with Crippen LogP contribution in [0.5, 0.6) is 0 Å². The van der Waals surface area contributed by atoms with Gasteiger partial charge in [-0.1, -0.05) is 37.6 Å². The summed E-state index contributed by atoms with van der Waals surface area (Å²) in [4.78, 5) is 0. The predicted molar refractivity (Wildman–Crippen MR) is 58.0 cm³/mol. The molecule has 0 N–H and O–H groups in total. The fourth-order valence-corrected chi connectivity index (χ4v) is 2.08. The lowest BCUT2D eigenvalue weighted by Gasteiger charge is -2.08. The van der Waals surface area contributed by atoms with Crippen molar-refractivity contribution in [2.45, 2.75) is 20.3 Å². The summed E-state index contributed by atoms with van der Waals surface area (Å²) in [5, 5.41) is 0.845. The van der Waals surface area contributed by atoms with E-state index in [4.69, 9.17) is 11.6 Å². The highest BCUT2D eigenvalue weighted by Gasteiger charge is 2.15. The molecule has 0 amide bonds. The average Bonchev–Trinajstić information content (AvgIpc) is 2.46. The second-order valence-corrected chi connectivity index (χ2v) is 4.26. The van der Waals surface area contributed by atoms with E-state index in [2.05, 4.69) is 32.1 Å². The Bertz CT molecular complexity index is 361. The SMILES string of the molecule is CC(C)C1=CCc2cc(Cl)ccc21. The van der Waals surface area contributed by atoms with E-state index in [-0.39, 0.29) is 0 Å². The smallest absolute Gasteiger partial charge is 0.0409 e. The minimum atomic E-state index is 0.613. The molecule has 1 heteroatoms. The zero-order chi connectivity index (χ0) is 9.42. The fourth-order valence-electron chi connectivity index (χ4n) is 1.89. The van der Waals surface area contributed by atoms with E-state index in [1.54, 1.807) is 0 Å². The molecular weight excluding hydrogens is 180 g/mol. The van der Waals surface area contributed by atoms with E-state index < -0.39 is 0 Å². The summed E-state index contributed by atoms with van der Waals surface area (Å²) in [6.45, 7) is 4.46. The zero-order valence-electron chi connectivity index (χ0n) is 7.97. The highest BCUT2D eigenvalue weighted by Crippen LogP contribution is 2.33. The Hall–Kier alpha value is -0.750. The molecule has 1 aromatic carbocycles. The van der Waals surface area contributed by atoms with E-state index in [0.717, 1.165) is 11.4 Å². The molecule has 2 rings (SSSR count). The molecule has 1 aliphatic rings. The highest BCUT2D eigenvalue weighted by molar-refractivity contribution is 6.30. The van der Waals surface area contributed by atoms with Crippen LogP contribution >= 0.6 is 11.6 Å². The summed E-state index contributed by atoms with van der Waals surface area (Å²) in [6, 6.07) is 6.18. The number of hydrogen-bond donors (Lipinski definition) is 0. The second-order valence-electron chi connectivity index (χ2n) is 3.82. The molecule has 0 aliphatic heterocycles. The van der Waals surface area contributed by atoms with Crippen molar-refractivity contribution in [2.75, 3.05) is 0 Å². The van der Waals surface area contributed by atoms with Gasteiger partial charge in [-0.3, -0.25) is 0 Å². The monoisotopic (exact) mass is 192 g/mol. The van der Waals surface area contributed by atoms with Crippen LogP contribution in [-0.2, 0) is 6.42 Å². The van der Waals surface area contributed by atoms with Crippen LogP contribution in [0.25, 0.3) is 5.57 Å². The number of halogens is 1. The van der Waals surface area contributed by atoms with Crippen molar-refractivity contribution in [1.82, 2.24) is 0 Å². The summed E-state index contributed by atoms with van der Waals surface area (Å²) >= 11 is 5.93. The Morgan fingerprint density at radius 2 is 2.08 bits per heavy atom. The second kappa shape index (κ2) is 3.19. The third kappa shape index (κ3) is 1.51. The van der Waals surface area contributed by atoms with Gasteiger partial charge >= 0.3 is 0 Å². The maximum absolute atomic E-state index is 5.93. The maximum Gasteiger partial charge on any atom is 0.0409 e. The molecule has 0 saturated heterocycles. The Labute approximate surface area is 84.2 Å². The first-order valence-corrected chi connectivity index (χ1v) is 5.05. The van der Waals surface area contributed by atoms with Gasteiger partial charge in [0, 0.05) is 5.02 Å². The van der Waals surface area contributed by atoms with E-state index in [1.807, 2.05) is 6.07 Å². The van der Waals surface area contributed by atoms with E-state index >= 15 is 0 Å². The number of rotatable bonds is 1. The van der Waals surface area contributed by atoms with Crippen LogP contribution in [0.4, 0.5) is 0 Å². The number of hydrogen-bond acceptors (Lipinski definition) is 0. The van der Waals surface area contributed by atoms with Gasteiger partial charge in [-0.05, 0) is 41.2 Å². The quantitative estimate of drug-likeness (QED) is 0.633. The van der Waals surface area contributed by atoms with Crippen LogP contribution in [0.15, 0.2) is 24.3 Å². The highest BCUT2D eigenvalue weighted by atomic mass is 35.5. The van der Waals surface area contributed by atoms with Crippen molar-refractivity contribution in [3.63, 3.8) is 0 Å². The lowest BCUT2D eigenvalue weighted by molar-refractivity contribution is 0.857. The number of fused-ring (bicyclic) bond motifs is 1. The van der Waals surface area contributed by atoms with Crippen LogP contribution in [0.3, 0.4) is 0 Å². The summed E-state index contributed by atoms with van der Waals surface area (Å²) < 4.78 is 0. The minimum absolute atomic E-state index is 0.613. The van der Waals surface area contributed by atoms with Gasteiger partial charge in [0.1, 0.15) is 0 Å². The first-order chi connectivity index (χ1) is 6.18. The van der Waals surface area contributed by atoms with Crippen molar-refractivity contribution in [2.24, 2.45) is 5.92 Å². The first-order valence-electron chi connectivity index (χ1n) is 4.67. The van der Waals surface area contributed by atoms with Crippen LogP contribution in [-0.4, -0.2) is 0 Å². The van der Waals surface area contributed by atoms with Crippen molar-refractivity contribution in [1.29, 1.82) is 0 Å². The van der Waals surface area contributed by atoms with E-state index in [9.17, 15) is 0 Å². The van der Waals surface area contributed by atoms with Crippen molar-refractivity contribution >= 4 is 17.2 Å². The zero-order valence-corrected chi connectivity index (χ0v) is 8.73. The Morgan fingerprint density at radius 1 is 1.31 bits per heavy atom. The fraction of sp³-hybridized carbons (Fsp3) is 0.333. The van der Waals surface area contributed by atoms with Crippen LogP contribution in [0, 0.1) is 5.92 Å². The van der Waals surface area contributed by atoms with Crippen LogP contribution in [0.2, 0.25) is 5.02 Å². The Morgan fingerprint density at radius 3 is 2.77 bits per heavy atom. The summed E-state index contributed by atoms with van der Waals surface area (Å²) in [5.41, 5.74) is 4.22.